The van der Waals surface area contributed by atoms with Crippen LogP contribution in [0.5, 0.6) is 5.75 Å². The fourth-order valence-electron chi connectivity index (χ4n) is 5.16. The zero-order chi connectivity index (χ0) is 29.0. The van der Waals surface area contributed by atoms with Gasteiger partial charge in [-0.1, -0.05) is 31.2 Å². The Balaban J connectivity index is 1.36. The highest BCUT2D eigenvalue weighted by molar-refractivity contribution is 5.95. The van der Waals surface area contributed by atoms with Crippen LogP contribution in [0.15, 0.2) is 71.7 Å². The van der Waals surface area contributed by atoms with Crippen LogP contribution >= 0.6 is 0 Å². The third-order valence-corrected chi connectivity index (χ3v) is 7.17. The molecule has 41 heavy (non-hydrogen) atoms. The van der Waals surface area contributed by atoms with Crippen molar-refractivity contribution in [2.75, 3.05) is 25.0 Å². The number of benzene rings is 2. The van der Waals surface area contributed by atoms with Gasteiger partial charge in [0.2, 0.25) is 0 Å². The quantitative estimate of drug-likeness (QED) is 0.250. The SMILES string of the molecule is CCCOc1ccccc1-c1cc2cc[nH]c(=O)c2c(Nc2ccc(C3CCN(C(=O)OC(C)(C)C)CC3)cc2)n1. The minimum absolute atomic E-state index is 0.201. The zero-order valence-corrected chi connectivity index (χ0v) is 24.2. The minimum atomic E-state index is -0.492. The molecule has 1 aliphatic heterocycles. The molecule has 2 aromatic heterocycles. The summed E-state index contributed by atoms with van der Waals surface area (Å²) in [4.78, 5) is 34.8. The number of H-pyrrole nitrogens is 1. The highest BCUT2D eigenvalue weighted by Crippen LogP contribution is 2.34. The zero-order valence-electron chi connectivity index (χ0n) is 24.2. The lowest BCUT2D eigenvalue weighted by molar-refractivity contribution is 0.0205. The smallest absolute Gasteiger partial charge is 0.410 e. The van der Waals surface area contributed by atoms with E-state index in [1.165, 1.54) is 5.56 Å². The summed E-state index contributed by atoms with van der Waals surface area (Å²) in [6, 6.07) is 19.9. The van der Waals surface area contributed by atoms with Crippen molar-refractivity contribution in [3.63, 3.8) is 0 Å². The largest absolute Gasteiger partial charge is 0.493 e. The Morgan fingerprint density at radius 3 is 2.51 bits per heavy atom. The highest BCUT2D eigenvalue weighted by atomic mass is 16.6. The summed E-state index contributed by atoms with van der Waals surface area (Å²) in [7, 11) is 0. The number of aromatic amines is 1. The number of anilines is 2. The van der Waals surface area contributed by atoms with E-state index in [9.17, 15) is 9.59 Å². The maximum absolute atomic E-state index is 12.9. The highest BCUT2D eigenvalue weighted by Gasteiger charge is 2.27. The first-order valence-electron chi connectivity index (χ1n) is 14.3. The summed E-state index contributed by atoms with van der Waals surface area (Å²) in [6.07, 6.45) is 4.08. The fourth-order valence-corrected chi connectivity index (χ4v) is 5.16. The second kappa shape index (κ2) is 12.0. The average molecular weight is 555 g/mol. The molecule has 0 atom stereocenters. The first-order valence-corrected chi connectivity index (χ1v) is 14.3. The Morgan fingerprint density at radius 1 is 1.07 bits per heavy atom. The van der Waals surface area contributed by atoms with Gasteiger partial charge in [0.25, 0.3) is 5.56 Å². The monoisotopic (exact) mass is 554 g/mol. The van der Waals surface area contributed by atoms with E-state index in [0.717, 1.165) is 47.3 Å². The van der Waals surface area contributed by atoms with Gasteiger partial charge in [-0.2, -0.15) is 0 Å². The number of carbonyl (C=O) groups is 1. The predicted octanol–water partition coefficient (Wildman–Crippen LogP) is 7.24. The summed E-state index contributed by atoms with van der Waals surface area (Å²) >= 11 is 0. The Hall–Kier alpha value is -4.33. The van der Waals surface area contributed by atoms with Crippen LogP contribution in [0.3, 0.4) is 0 Å². The molecule has 0 radical (unpaired) electrons. The molecule has 8 heteroatoms. The molecule has 4 aromatic rings. The van der Waals surface area contributed by atoms with Gasteiger partial charge in [0, 0.05) is 30.5 Å². The van der Waals surface area contributed by atoms with E-state index in [2.05, 4.69) is 29.4 Å². The Bertz CT molecular complexity index is 1570. The van der Waals surface area contributed by atoms with Gasteiger partial charge < -0.3 is 24.7 Å². The van der Waals surface area contributed by atoms with Crippen LogP contribution in [0, 0.1) is 0 Å². The lowest BCUT2D eigenvalue weighted by atomic mass is 9.89. The van der Waals surface area contributed by atoms with Crippen LogP contribution in [0.25, 0.3) is 22.0 Å². The van der Waals surface area contributed by atoms with Crippen molar-refractivity contribution in [2.24, 2.45) is 0 Å². The van der Waals surface area contributed by atoms with Crippen LogP contribution in [0.2, 0.25) is 0 Å². The number of aromatic nitrogens is 2. The van der Waals surface area contributed by atoms with Crippen LogP contribution < -0.4 is 15.6 Å². The van der Waals surface area contributed by atoms with Crippen molar-refractivity contribution in [3.05, 3.63) is 82.8 Å². The van der Waals surface area contributed by atoms with Gasteiger partial charge in [-0.3, -0.25) is 4.79 Å². The third kappa shape index (κ3) is 6.70. The average Bonchev–Trinajstić information content (AvgIpc) is 2.96. The summed E-state index contributed by atoms with van der Waals surface area (Å²) in [5.74, 6) is 1.62. The molecule has 2 aromatic carbocycles. The van der Waals surface area contributed by atoms with Gasteiger partial charge in [0.15, 0.2) is 0 Å². The van der Waals surface area contributed by atoms with E-state index < -0.39 is 5.60 Å². The van der Waals surface area contributed by atoms with Crippen molar-refractivity contribution < 1.29 is 14.3 Å². The van der Waals surface area contributed by atoms with Crippen LogP contribution in [-0.4, -0.2) is 46.3 Å². The molecule has 0 spiro atoms. The lowest BCUT2D eigenvalue weighted by Crippen LogP contribution is -2.41. The number of pyridine rings is 2. The number of para-hydroxylation sites is 1. The molecule has 1 aliphatic rings. The number of nitrogens with zero attached hydrogens (tertiary/aromatic N) is 2. The van der Waals surface area contributed by atoms with Crippen molar-refractivity contribution in [1.29, 1.82) is 0 Å². The lowest BCUT2D eigenvalue weighted by Gasteiger charge is -2.33. The number of fused-ring (bicyclic) bond motifs is 1. The number of hydrogen-bond donors (Lipinski definition) is 2. The summed E-state index contributed by atoms with van der Waals surface area (Å²) < 4.78 is 11.5. The first-order chi connectivity index (χ1) is 19.7. The number of nitrogens with one attached hydrogen (secondary N) is 2. The topological polar surface area (TPSA) is 96.6 Å². The van der Waals surface area contributed by atoms with E-state index in [4.69, 9.17) is 14.5 Å². The first kappa shape index (κ1) is 28.2. The number of rotatable bonds is 7. The molecule has 3 heterocycles. The predicted molar refractivity (Wildman–Crippen MR) is 163 cm³/mol. The molecule has 1 saturated heterocycles. The Morgan fingerprint density at radius 2 is 1.80 bits per heavy atom. The molecule has 1 amide bonds. The molecule has 0 aliphatic carbocycles. The van der Waals surface area contributed by atoms with Crippen molar-refractivity contribution in [3.8, 4) is 17.0 Å². The number of hydrogen-bond acceptors (Lipinski definition) is 6. The molecule has 0 unspecified atom stereocenters. The fraction of sp³-hybridized carbons (Fsp3) is 0.364. The molecular formula is C33H38N4O4. The van der Waals surface area contributed by atoms with Crippen molar-refractivity contribution in [2.45, 2.75) is 58.5 Å². The van der Waals surface area contributed by atoms with Gasteiger partial charge in [-0.25, -0.2) is 9.78 Å². The van der Waals surface area contributed by atoms with Crippen LogP contribution in [-0.2, 0) is 4.74 Å². The summed E-state index contributed by atoms with van der Waals surface area (Å²) in [5, 5.41) is 4.69. The van der Waals surface area contributed by atoms with Crippen molar-refractivity contribution >= 4 is 28.4 Å². The summed E-state index contributed by atoms with van der Waals surface area (Å²) in [5.41, 5.74) is 2.97. The molecular weight excluding hydrogens is 516 g/mol. The van der Waals surface area contributed by atoms with E-state index in [0.29, 0.717) is 36.8 Å². The normalized spacial score (nSPS) is 14.2. The standard InChI is InChI=1S/C33H38N4O4/c1-5-20-40-28-9-7-6-8-26(28)27-21-24-14-17-34-31(38)29(24)30(36-27)35-25-12-10-22(11-13-25)23-15-18-37(19-16-23)32(39)41-33(2,3)4/h6-14,17,21,23H,5,15-16,18-20H2,1-4H3,(H,34,38)(H,35,36). The number of ether oxygens (including phenoxy) is 2. The van der Waals surface area contributed by atoms with Gasteiger partial charge in [-0.15, -0.1) is 0 Å². The number of carbonyl (C=O) groups excluding carboxylic acids is 1. The van der Waals surface area contributed by atoms with Crippen LogP contribution in [0.4, 0.5) is 16.3 Å². The number of amides is 1. The Kier molecular flexibility index (Phi) is 8.28. The number of piperidine rings is 1. The maximum Gasteiger partial charge on any atom is 0.410 e. The second-order valence-electron chi connectivity index (χ2n) is 11.5. The van der Waals surface area contributed by atoms with Crippen molar-refractivity contribution in [1.82, 2.24) is 14.9 Å². The second-order valence-corrected chi connectivity index (χ2v) is 11.5. The van der Waals surface area contributed by atoms with Gasteiger partial charge in [0.1, 0.15) is 17.2 Å². The van der Waals surface area contributed by atoms with Gasteiger partial charge in [0.05, 0.1) is 17.7 Å². The molecule has 0 saturated carbocycles. The molecule has 8 nitrogen and oxygen atoms in total. The molecule has 2 N–H and O–H groups in total. The van der Waals surface area contributed by atoms with E-state index in [-0.39, 0.29) is 11.7 Å². The van der Waals surface area contributed by atoms with E-state index in [1.807, 2.05) is 69.3 Å². The third-order valence-electron chi connectivity index (χ3n) is 7.17. The van der Waals surface area contributed by atoms with Gasteiger partial charge in [-0.05, 0) is 93.3 Å². The molecule has 1 fully saturated rings. The summed E-state index contributed by atoms with van der Waals surface area (Å²) in [6.45, 7) is 9.70. The Labute approximate surface area is 240 Å². The number of likely N-dealkylation sites (tertiary alicyclic amines) is 1. The maximum atomic E-state index is 12.9. The van der Waals surface area contributed by atoms with E-state index >= 15 is 0 Å². The van der Waals surface area contributed by atoms with Crippen LogP contribution in [0.1, 0.15) is 58.4 Å². The minimum Gasteiger partial charge on any atom is -0.493 e. The van der Waals surface area contributed by atoms with E-state index in [1.54, 1.807) is 11.1 Å². The van der Waals surface area contributed by atoms with Gasteiger partial charge >= 0.3 is 6.09 Å². The molecule has 5 rings (SSSR count). The molecule has 0 bridgehead atoms. The molecule has 214 valence electrons.